The number of carboxylic acids is 1. The summed E-state index contributed by atoms with van der Waals surface area (Å²) >= 11 is 0. The number of carboxylic acid groups (broad SMARTS) is 1. The number of carbonyl (C=O) groups is 3. The van der Waals surface area contributed by atoms with E-state index >= 15 is 0 Å². The van der Waals surface area contributed by atoms with Gasteiger partial charge in [-0.2, -0.15) is 0 Å². The van der Waals surface area contributed by atoms with Gasteiger partial charge >= 0.3 is 5.97 Å². The molecule has 1 aromatic heterocycles. The van der Waals surface area contributed by atoms with Crippen molar-refractivity contribution >= 4 is 34.4 Å². The van der Waals surface area contributed by atoms with E-state index in [-0.39, 0.29) is 22.6 Å². The second kappa shape index (κ2) is 5.88. The van der Waals surface area contributed by atoms with Gasteiger partial charge in [-0.15, -0.1) is 0 Å². The first kappa shape index (κ1) is 15.3. The molecule has 0 bridgehead atoms. The summed E-state index contributed by atoms with van der Waals surface area (Å²) in [6, 6.07) is 12.5. The lowest BCUT2D eigenvalue weighted by Crippen LogP contribution is -2.19. The quantitative estimate of drug-likeness (QED) is 0.680. The van der Waals surface area contributed by atoms with Crippen LogP contribution >= 0.6 is 0 Å². The van der Waals surface area contributed by atoms with E-state index in [9.17, 15) is 19.5 Å². The molecule has 0 aliphatic carbocycles. The summed E-state index contributed by atoms with van der Waals surface area (Å²) < 4.78 is 5.37. The highest BCUT2D eigenvalue weighted by atomic mass is 16.4. The van der Waals surface area contributed by atoms with Gasteiger partial charge < -0.3 is 20.6 Å². The minimum Gasteiger partial charge on any atom is -0.478 e. The number of furan rings is 1. The number of hydrogen-bond donors (Lipinski definition) is 3. The molecule has 7 nitrogen and oxygen atoms in total. The first-order chi connectivity index (χ1) is 11.5. The molecule has 2 amide bonds. The summed E-state index contributed by atoms with van der Waals surface area (Å²) in [5.41, 5.74) is 5.60. The standard InChI is InChI=1S/C17H12N2O5/c18-15(20)14-13(11-7-3-4-8-12(11)24-14)19-16(21)9-5-1-2-6-10(9)17(22)23/h1-8H,(H2,18,20)(H,19,21)(H,22,23). The van der Waals surface area contributed by atoms with Crippen molar-refractivity contribution in [3.8, 4) is 0 Å². The Morgan fingerprint density at radius 3 is 2.25 bits per heavy atom. The molecule has 0 aliphatic heterocycles. The number of para-hydroxylation sites is 1. The number of hydrogen-bond acceptors (Lipinski definition) is 4. The minimum atomic E-state index is -1.23. The summed E-state index contributed by atoms with van der Waals surface area (Å²) in [4.78, 5) is 35.3. The molecule has 24 heavy (non-hydrogen) atoms. The van der Waals surface area contributed by atoms with Gasteiger partial charge in [-0.3, -0.25) is 9.59 Å². The molecule has 0 saturated carbocycles. The fraction of sp³-hybridized carbons (Fsp3) is 0. The monoisotopic (exact) mass is 324 g/mol. The van der Waals surface area contributed by atoms with E-state index in [2.05, 4.69) is 5.32 Å². The maximum atomic E-state index is 12.5. The molecular formula is C17H12N2O5. The molecule has 7 heteroatoms. The Morgan fingerprint density at radius 2 is 1.58 bits per heavy atom. The molecule has 0 spiro atoms. The van der Waals surface area contributed by atoms with Gasteiger partial charge in [0.05, 0.1) is 11.1 Å². The number of carbonyl (C=O) groups excluding carboxylic acids is 2. The first-order valence-corrected chi connectivity index (χ1v) is 6.94. The molecule has 2 aromatic carbocycles. The summed E-state index contributed by atoms with van der Waals surface area (Å²) in [6.07, 6.45) is 0. The molecule has 0 saturated heterocycles. The minimum absolute atomic E-state index is 0.0364. The lowest BCUT2D eigenvalue weighted by Gasteiger charge is -2.07. The maximum Gasteiger partial charge on any atom is 0.336 e. The second-order valence-electron chi connectivity index (χ2n) is 4.97. The van der Waals surface area contributed by atoms with Crippen molar-refractivity contribution in [1.29, 1.82) is 0 Å². The smallest absolute Gasteiger partial charge is 0.336 e. The molecule has 120 valence electrons. The zero-order valence-corrected chi connectivity index (χ0v) is 12.3. The van der Waals surface area contributed by atoms with Crippen LogP contribution in [0.4, 0.5) is 5.69 Å². The molecule has 3 rings (SSSR count). The van der Waals surface area contributed by atoms with E-state index in [1.165, 1.54) is 18.2 Å². The van der Waals surface area contributed by atoms with Gasteiger partial charge in [0, 0.05) is 5.39 Å². The van der Waals surface area contributed by atoms with E-state index in [1.807, 2.05) is 0 Å². The largest absolute Gasteiger partial charge is 0.478 e. The summed E-state index contributed by atoms with van der Waals surface area (Å²) in [6.45, 7) is 0. The third-order valence-electron chi connectivity index (χ3n) is 3.46. The lowest BCUT2D eigenvalue weighted by atomic mass is 10.1. The van der Waals surface area contributed by atoms with Crippen molar-refractivity contribution < 1.29 is 23.9 Å². The summed E-state index contributed by atoms with van der Waals surface area (Å²) in [5.74, 6) is -2.94. The van der Waals surface area contributed by atoms with Crippen molar-refractivity contribution in [1.82, 2.24) is 0 Å². The first-order valence-electron chi connectivity index (χ1n) is 6.94. The van der Waals surface area contributed by atoms with Crippen LogP contribution in [0.5, 0.6) is 0 Å². The van der Waals surface area contributed by atoms with Gasteiger partial charge in [0.1, 0.15) is 11.3 Å². The van der Waals surface area contributed by atoms with E-state index in [0.717, 1.165) is 0 Å². The second-order valence-corrected chi connectivity index (χ2v) is 4.97. The average Bonchev–Trinajstić information content (AvgIpc) is 2.94. The predicted octanol–water partition coefficient (Wildman–Crippen LogP) is 2.48. The molecular weight excluding hydrogens is 312 g/mol. The number of nitrogens with two attached hydrogens (primary N) is 1. The molecule has 0 radical (unpaired) electrons. The Morgan fingerprint density at radius 1 is 0.958 bits per heavy atom. The fourth-order valence-corrected chi connectivity index (χ4v) is 2.39. The number of benzene rings is 2. The van der Waals surface area contributed by atoms with Crippen LogP contribution < -0.4 is 11.1 Å². The summed E-state index contributed by atoms with van der Waals surface area (Å²) in [7, 11) is 0. The molecule has 0 fully saturated rings. The van der Waals surface area contributed by atoms with Gasteiger partial charge in [0.2, 0.25) is 5.76 Å². The maximum absolute atomic E-state index is 12.5. The normalized spacial score (nSPS) is 10.5. The number of primary amides is 1. The molecule has 4 N–H and O–H groups in total. The zero-order valence-electron chi connectivity index (χ0n) is 12.3. The SMILES string of the molecule is NC(=O)c1oc2ccccc2c1NC(=O)c1ccccc1C(=O)O. The van der Waals surface area contributed by atoms with Crippen molar-refractivity contribution in [3.05, 3.63) is 65.4 Å². The predicted molar refractivity (Wildman–Crippen MR) is 86.1 cm³/mol. The Bertz CT molecular complexity index is 974. The van der Waals surface area contributed by atoms with Gasteiger partial charge in [0.15, 0.2) is 0 Å². The molecule has 0 unspecified atom stereocenters. The van der Waals surface area contributed by atoms with Crippen LogP contribution in [0.15, 0.2) is 52.9 Å². The van der Waals surface area contributed by atoms with Crippen LogP contribution in [0, 0.1) is 0 Å². The van der Waals surface area contributed by atoms with Gasteiger partial charge in [0.25, 0.3) is 11.8 Å². The molecule has 0 atom stereocenters. The van der Waals surface area contributed by atoms with Crippen molar-refractivity contribution in [2.24, 2.45) is 5.73 Å². The lowest BCUT2D eigenvalue weighted by molar-refractivity contribution is 0.0692. The van der Waals surface area contributed by atoms with Crippen molar-refractivity contribution in [3.63, 3.8) is 0 Å². The molecule has 1 heterocycles. The van der Waals surface area contributed by atoms with E-state index in [4.69, 9.17) is 10.2 Å². The molecule has 3 aromatic rings. The van der Waals surface area contributed by atoms with E-state index < -0.39 is 17.8 Å². The number of rotatable bonds is 4. The number of nitrogens with one attached hydrogen (secondary N) is 1. The number of aromatic carboxylic acids is 1. The average molecular weight is 324 g/mol. The highest BCUT2D eigenvalue weighted by Gasteiger charge is 2.22. The van der Waals surface area contributed by atoms with Crippen LogP contribution in [0.2, 0.25) is 0 Å². The number of fused-ring (bicyclic) bond motifs is 1. The van der Waals surface area contributed by atoms with Crippen LogP contribution in [-0.4, -0.2) is 22.9 Å². The van der Waals surface area contributed by atoms with Gasteiger partial charge in [-0.1, -0.05) is 24.3 Å². The van der Waals surface area contributed by atoms with Crippen molar-refractivity contribution in [2.75, 3.05) is 5.32 Å². The van der Waals surface area contributed by atoms with E-state index in [0.29, 0.717) is 11.0 Å². The molecule has 0 aliphatic rings. The third-order valence-corrected chi connectivity index (χ3v) is 3.46. The van der Waals surface area contributed by atoms with Crippen LogP contribution in [0.1, 0.15) is 31.3 Å². The Balaban J connectivity index is 2.07. The highest BCUT2D eigenvalue weighted by molar-refractivity contribution is 6.16. The number of amides is 2. The Kier molecular flexibility index (Phi) is 3.75. The third kappa shape index (κ3) is 2.58. The number of anilines is 1. The van der Waals surface area contributed by atoms with Gasteiger partial charge in [-0.05, 0) is 24.3 Å². The highest BCUT2D eigenvalue weighted by Crippen LogP contribution is 2.31. The topological polar surface area (TPSA) is 123 Å². The van der Waals surface area contributed by atoms with Gasteiger partial charge in [-0.25, -0.2) is 4.79 Å². The van der Waals surface area contributed by atoms with Crippen LogP contribution in [-0.2, 0) is 0 Å². The summed E-state index contributed by atoms with van der Waals surface area (Å²) in [5, 5.41) is 12.2. The van der Waals surface area contributed by atoms with Crippen molar-refractivity contribution in [2.45, 2.75) is 0 Å². The van der Waals surface area contributed by atoms with Crippen LogP contribution in [0.25, 0.3) is 11.0 Å². The Hall–Kier alpha value is -3.61. The van der Waals surface area contributed by atoms with Crippen LogP contribution in [0.3, 0.4) is 0 Å². The van der Waals surface area contributed by atoms with E-state index in [1.54, 1.807) is 30.3 Å². The fourth-order valence-electron chi connectivity index (χ4n) is 2.39. The zero-order chi connectivity index (χ0) is 17.3. The Labute approximate surface area is 135 Å².